The molecule has 2 atom stereocenters. The van der Waals surface area contributed by atoms with E-state index in [4.69, 9.17) is 0 Å². The number of piperidine rings is 1. The van der Waals surface area contributed by atoms with E-state index in [0.29, 0.717) is 0 Å². The summed E-state index contributed by atoms with van der Waals surface area (Å²) in [7, 11) is 0. The number of nitrogens with zero attached hydrogens (tertiary/aromatic N) is 2. The summed E-state index contributed by atoms with van der Waals surface area (Å²) >= 11 is 0. The molecule has 0 aliphatic carbocycles. The molecule has 2 unspecified atom stereocenters. The number of nitrogens with one attached hydrogen (secondary N) is 1. The van der Waals surface area contributed by atoms with Gasteiger partial charge in [0.15, 0.2) is 0 Å². The van der Waals surface area contributed by atoms with Gasteiger partial charge in [0.25, 0.3) is 0 Å². The van der Waals surface area contributed by atoms with Gasteiger partial charge in [-0.05, 0) is 19.4 Å². The molecule has 1 aromatic rings. The lowest BCUT2D eigenvalue weighted by atomic mass is 9.76. The molecule has 82 valence electrons. The van der Waals surface area contributed by atoms with Crippen molar-refractivity contribution in [3.63, 3.8) is 0 Å². The number of rotatable bonds is 2. The zero-order valence-corrected chi connectivity index (χ0v) is 8.98. The number of aromatic nitrogens is 2. The summed E-state index contributed by atoms with van der Waals surface area (Å²) < 4.78 is 0. The third-order valence-electron chi connectivity index (χ3n) is 3.30. The van der Waals surface area contributed by atoms with E-state index >= 15 is 0 Å². The van der Waals surface area contributed by atoms with Crippen LogP contribution >= 0.6 is 0 Å². The molecule has 2 N–H and O–H groups in total. The summed E-state index contributed by atoms with van der Waals surface area (Å²) in [5.74, 6) is 0.247. The molecule has 1 aliphatic rings. The highest BCUT2D eigenvalue weighted by molar-refractivity contribution is 5.17. The van der Waals surface area contributed by atoms with Gasteiger partial charge in [-0.2, -0.15) is 0 Å². The van der Waals surface area contributed by atoms with Crippen molar-refractivity contribution in [3.8, 4) is 0 Å². The second-order valence-corrected chi connectivity index (χ2v) is 4.11. The van der Waals surface area contributed by atoms with Crippen LogP contribution in [-0.2, 0) is 5.60 Å². The highest BCUT2D eigenvalue weighted by atomic mass is 16.3. The monoisotopic (exact) mass is 207 g/mol. The Morgan fingerprint density at radius 1 is 1.53 bits per heavy atom. The first kappa shape index (κ1) is 10.5. The maximum absolute atomic E-state index is 10.7. The van der Waals surface area contributed by atoms with Crippen molar-refractivity contribution in [2.75, 3.05) is 13.1 Å². The van der Waals surface area contributed by atoms with Crippen LogP contribution in [0.5, 0.6) is 0 Å². The second kappa shape index (κ2) is 4.24. The van der Waals surface area contributed by atoms with Crippen LogP contribution in [0.15, 0.2) is 18.7 Å². The quantitative estimate of drug-likeness (QED) is 0.749. The van der Waals surface area contributed by atoms with Crippen molar-refractivity contribution in [2.45, 2.75) is 25.4 Å². The van der Waals surface area contributed by atoms with Gasteiger partial charge < -0.3 is 10.4 Å². The predicted molar refractivity (Wildman–Crippen MR) is 57.2 cm³/mol. The SMILES string of the molecule is CCC1CNCCC1(O)c1cncnc1. The molecular formula is C11H17N3O. The zero-order valence-electron chi connectivity index (χ0n) is 8.98. The fourth-order valence-corrected chi connectivity index (χ4v) is 2.31. The number of hydrogen-bond donors (Lipinski definition) is 2. The Morgan fingerprint density at radius 3 is 2.93 bits per heavy atom. The van der Waals surface area contributed by atoms with E-state index in [1.54, 1.807) is 12.4 Å². The van der Waals surface area contributed by atoms with Gasteiger partial charge in [-0.25, -0.2) is 9.97 Å². The Morgan fingerprint density at radius 2 is 2.27 bits per heavy atom. The summed E-state index contributed by atoms with van der Waals surface area (Å²) in [5, 5.41) is 14.0. The molecule has 0 amide bonds. The smallest absolute Gasteiger partial charge is 0.115 e. The van der Waals surface area contributed by atoms with Crippen LogP contribution in [-0.4, -0.2) is 28.2 Å². The molecule has 2 heterocycles. The largest absolute Gasteiger partial charge is 0.385 e. The lowest BCUT2D eigenvalue weighted by Crippen LogP contribution is -2.48. The van der Waals surface area contributed by atoms with Crippen molar-refractivity contribution >= 4 is 0 Å². The standard InChI is InChI=1S/C11H17N3O/c1-2-9-5-12-4-3-11(9,15)10-6-13-8-14-7-10/h6-9,12,15H,2-5H2,1H3. The maximum Gasteiger partial charge on any atom is 0.115 e. The van der Waals surface area contributed by atoms with E-state index in [1.807, 2.05) is 0 Å². The molecule has 4 heteroatoms. The van der Waals surface area contributed by atoms with Crippen molar-refractivity contribution in [1.82, 2.24) is 15.3 Å². The Balaban J connectivity index is 2.30. The predicted octanol–water partition coefficient (Wildman–Crippen LogP) is 0.684. The second-order valence-electron chi connectivity index (χ2n) is 4.11. The van der Waals surface area contributed by atoms with E-state index in [9.17, 15) is 5.11 Å². The van der Waals surface area contributed by atoms with Crippen LogP contribution < -0.4 is 5.32 Å². The van der Waals surface area contributed by atoms with Crippen LogP contribution in [0.3, 0.4) is 0 Å². The van der Waals surface area contributed by atoms with Gasteiger partial charge >= 0.3 is 0 Å². The van der Waals surface area contributed by atoms with Gasteiger partial charge in [-0.3, -0.25) is 0 Å². The van der Waals surface area contributed by atoms with Crippen molar-refractivity contribution in [3.05, 3.63) is 24.3 Å². The van der Waals surface area contributed by atoms with Crippen molar-refractivity contribution < 1.29 is 5.11 Å². The van der Waals surface area contributed by atoms with Gasteiger partial charge in [-0.1, -0.05) is 6.92 Å². The van der Waals surface area contributed by atoms with E-state index in [1.165, 1.54) is 6.33 Å². The fourth-order valence-electron chi connectivity index (χ4n) is 2.31. The Bertz CT molecular complexity index is 317. The summed E-state index contributed by atoms with van der Waals surface area (Å²) in [6, 6.07) is 0. The van der Waals surface area contributed by atoms with Crippen LogP contribution in [0, 0.1) is 5.92 Å². The van der Waals surface area contributed by atoms with Crippen LogP contribution in [0.4, 0.5) is 0 Å². The summed E-state index contributed by atoms with van der Waals surface area (Å²) in [6.45, 7) is 3.82. The molecule has 4 nitrogen and oxygen atoms in total. The highest BCUT2D eigenvalue weighted by Crippen LogP contribution is 2.35. The van der Waals surface area contributed by atoms with Gasteiger partial charge in [0.1, 0.15) is 6.33 Å². The Labute approximate surface area is 89.8 Å². The molecule has 0 aromatic carbocycles. The van der Waals surface area contributed by atoms with E-state index in [2.05, 4.69) is 22.2 Å². The Hall–Kier alpha value is -1.00. The molecular weight excluding hydrogens is 190 g/mol. The number of aliphatic hydroxyl groups is 1. The third-order valence-corrected chi connectivity index (χ3v) is 3.30. The first-order chi connectivity index (χ1) is 7.27. The minimum atomic E-state index is -0.749. The molecule has 1 aromatic heterocycles. The van der Waals surface area contributed by atoms with Gasteiger partial charge in [0, 0.05) is 30.4 Å². The normalized spacial score (nSPS) is 31.5. The third kappa shape index (κ3) is 1.87. The fraction of sp³-hybridized carbons (Fsp3) is 0.636. The molecule has 2 rings (SSSR count). The summed E-state index contributed by atoms with van der Waals surface area (Å²) in [5.41, 5.74) is 0.0969. The molecule has 0 bridgehead atoms. The topological polar surface area (TPSA) is 58.0 Å². The van der Waals surface area contributed by atoms with Crippen LogP contribution in [0.1, 0.15) is 25.3 Å². The lowest BCUT2D eigenvalue weighted by Gasteiger charge is -2.40. The molecule has 1 aliphatic heterocycles. The molecule has 0 radical (unpaired) electrons. The first-order valence-electron chi connectivity index (χ1n) is 5.46. The summed E-state index contributed by atoms with van der Waals surface area (Å²) in [4.78, 5) is 7.96. The van der Waals surface area contributed by atoms with Crippen LogP contribution in [0.2, 0.25) is 0 Å². The van der Waals surface area contributed by atoms with Crippen LogP contribution in [0.25, 0.3) is 0 Å². The number of hydrogen-bond acceptors (Lipinski definition) is 4. The van der Waals surface area contributed by atoms with E-state index < -0.39 is 5.60 Å². The molecule has 15 heavy (non-hydrogen) atoms. The Kier molecular flexibility index (Phi) is 2.98. The average molecular weight is 207 g/mol. The van der Waals surface area contributed by atoms with Crippen molar-refractivity contribution in [1.29, 1.82) is 0 Å². The van der Waals surface area contributed by atoms with Gasteiger partial charge in [0.05, 0.1) is 5.60 Å². The van der Waals surface area contributed by atoms with Gasteiger partial charge in [-0.15, -0.1) is 0 Å². The average Bonchev–Trinajstić information content (AvgIpc) is 2.31. The highest BCUT2D eigenvalue weighted by Gasteiger charge is 2.39. The minimum Gasteiger partial charge on any atom is -0.385 e. The zero-order chi connectivity index (χ0) is 10.7. The molecule has 0 saturated carbocycles. The minimum absolute atomic E-state index is 0.247. The van der Waals surface area contributed by atoms with Gasteiger partial charge in [0.2, 0.25) is 0 Å². The first-order valence-corrected chi connectivity index (χ1v) is 5.46. The maximum atomic E-state index is 10.7. The lowest BCUT2D eigenvalue weighted by molar-refractivity contribution is -0.0483. The molecule has 0 spiro atoms. The summed E-state index contributed by atoms with van der Waals surface area (Å²) in [6.07, 6.45) is 6.63. The molecule has 1 fully saturated rings. The van der Waals surface area contributed by atoms with E-state index in [-0.39, 0.29) is 5.92 Å². The van der Waals surface area contributed by atoms with E-state index in [0.717, 1.165) is 31.5 Å². The van der Waals surface area contributed by atoms with Crippen molar-refractivity contribution in [2.24, 2.45) is 5.92 Å². The molecule has 1 saturated heterocycles.